The van der Waals surface area contributed by atoms with Crippen molar-refractivity contribution in [2.75, 3.05) is 26.4 Å². The molecule has 4 rings (SSSR count). The van der Waals surface area contributed by atoms with Crippen molar-refractivity contribution in [1.29, 1.82) is 0 Å². The van der Waals surface area contributed by atoms with Gasteiger partial charge in [0.1, 0.15) is 54.1 Å². The molecule has 83 heavy (non-hydrogen) atoms. The van der Waals surface area contributed by atoms with Crippen molar-refractivity contribution in [2.24, 2.45) is 0 Å². The van der Waals surface area contributed by atoms with E-state index in [1.807, 2.05) is 19.1 Å². The lowest BCUT2D eigenvalue weighted by atomic mass is 10.2. The van der Waals surface area contributed by atoms with E-state index in [-0.39, 0.29) is 49.0 Å². The molecule has 0 radical (unpaired) electrons. The van der Waals surface area contributed by atoms with Gasteiger partial charge in [0.2, 0.25) is 0 Å². The summed E-state index contributed by atoms with van der Waals surface area (Å²) < 4.78 is 96.4. The number of ether oxygens (including phenoxy) is 2. The number of ketones is 2. The van der Waals surface area contributed by atoms with Crippen LogP contribution in [0.2, 0.25) is 10.0 Å². The molecule has 0 aliphatic heterocycles. The number of aliphatic hydroxyl groups excluding tert-OH is 2. The summed E-state index contributed by atoms with van der Waals surface area (Å²) in [6.45, 7) is 24.8. The van der Waals surface area contributed by atoms with E-state index in [1.165, 1.54) is 24.3 Å². The van der Waals surface area contributed by atoms with Crippen LogP contribution in [0.1, 0.15) is 110 Å². The normalized spacial score (nSPS) is 15.3. The van der Waals surface area contributed by atoms with E-state index in [1.54, 1.807) is 158 Å². The number of Topliss-reactive ketones (excluding diaryl/α,β-unsaturated/α-hetero) is 2. The van der Waals surface area contributed by atoms with Gasteiger partial charge < -0.3 is 37.8 Å². The average Bonchev–Trinajstić information content (AvgIpc) is 3.49. The van der Waals surface area contributed by atoms with E-state index in [4.69, 9.17) is 61.0 Å². The number of esters is 2. The molecule has 0 aromatic heterocycles. The van der Waals surface area contributed by atoms with Gasteiger partial charge in [0.25, 0.3) is 0 Å². The van der Waals surface area contributed by atoms with Crippen LogP contribution >= 0.6 is 53.3 Å². The van der Waals surface area contributed by atoms with Gasteiger partial charge in [-0.2, -0.15) is 0 Å². The highest BCUT2D eigenvalue weighted by atomic mass is 35.5. The number of aliphatic hydroxyl groups is 2. The van der Waals surface area contributed by atoms with Crippen molar-refractivity contribution < 1.29 is 79.6 Å². The van der Waals surface area contributed by atoms with Crippen LogP contribution in [-0.4, -0.2) is 107 Å². The fraction of sp³-hybridized carbons (Fsp3) is 0.500. The van der Waals surface area contributed by atoms with Crippen molar-refractivity contribution in [3.8, 4) is 23.0 Å². The van der Waals surface area contributed by atoms with Gasteiger partial charge in [0.05, 0.1) is 47.9 Å². The molecule has 0 spiro atoms. The zero-order valence-corrected chi connectivity index (χ0v) is 54.3. The Bertz CT molecular complexity index is 2720. The Balaban J connectivity index is 0.00000108. The van der Waals surface area contributed by atoms with Crippen LogP contribution < -0.4 is 38.4 Å². The molecule has 0 aliphatic rings. The minimum atomic E-state index is -3.34. The number of hydrogen-bond donors (Lipinski definition) is 6. The zero-order chi connectivity index (χ0) is 62.8. The summed E-state index contributed by atoms with van der Waals surface area (Å²) in [4.78, 5) is 46.1. The third-order valence-electron chi connectivity index (χ3n) is 11.3. The van der Waals surface area contributed by atoms with Crippen molar-refractivity contribution in [1.82, 2.24) is 20.3 Å². The van der Waals surface area contributed by atoms with Crippen LogP contribution in [0.5, 0.6) is 23.0 Å². The quantitative estimate of drug-likeness (QED) is 0.0228. The molecule has 8 atom stereocenters. The van der Waals surface area contributed by atoms with Gasteiger partial charge in [-0.3, -0.25) is 37.4 Å². The van der Waals surface area contributed by atoms with E-state index in [0.717, 1.165) is 5.56 Å². The van der Waals surface area contributed by atoms with Crippen LogP contribution in [0.3, 0.4) is 0 Å². The van der Waals surface area contributed by atoms with Gasteiger partial charge in [0.15, 0.2) is 11.6 Å². The van der Waals surface area contributed by atoms with E-state index in [0.29, 0.717) is 27.3 Å². The second-order valence-corrected chi connectivity index (χ2v) is 31.0. The predicted octanol–water partition coefficient (Wildman–Crippen LogP) is 13.2. The molecule has 0 fully saturated rings. The fourth-order valence-corrected chi connectivity index (χ4v) is 13.0. The summed E-state index contributed by atoms with van der Waals surface area (Å²) >= 11 is 11.6. The Morgan fingerprint density at radius 3 is 1.02 bits per heavy atom. The Kier molecular flexibility index (Phi) is 35.8. The Morgan fingerprint density at radius 1 is 0.470 bits per heavy atom. The molecule has 4 aromatic carbocycles. The van der Waals surface area contributed by atoms with Gasteiger partial charge in [-0.1, -0.05) is 104 Å². The summed E-state index contributed by atoms with van der Waals surface area (Å²) in [5, 5.41) is 29.7. The minimum absolute atomic E-state index is 0. The maximum absolute atomic E-state index is 12.9. The lowest BCUT2D eigenvalue weighted by molar-refractivity contribution is -0.145. The highest BCUT2D eigenvalue weighted by Gasteiger charge is 2.37. The number of carbonyl (C=O) groups excluding carboxylic acids is 4. The first kappa shape index (κ1) is 78.5. The molecular weight excluding hydrogens is 1200 g/mol. The molecule has 0 aliphatic carbocycles. The molecule has 0 amide bonds. The van der Waals surface area contributed by atoms with Crippen LogP contribution in [-0.2, 0) is 46.9 Å². The number of halogens is 3. The number of nitrogens with one attached hydrogen (secondary N) is 4. The molecule has 6 N–H and O–H groups in total. The number of para-hydroxylation sites is 1. The van der Waals surface area contributed by atoms with E-state index >= 15 is 0 Å². The molecule has 27 heteroatoms. The fourth-order valence-electron chi connectivity index (χ4n) is 6.02. The molecule has 0 saturated carbocycles. The summed E-state index contributed by atoms with van der Waals surface area (Å²) in [6.07, 6.45) is 0. The number of benzene rings is 4. The first-order valence-corrected chi connectivity index (χ1v) is 33.9. The van der Waals surface area contributed by atoms with Crippen LogP contribution in [0.25, 0.3) is 0 Å². The lowest BCUT2D eigenvalue weighted by Crippen LogP contribution is -2.36. The third kappa shape index (κ3) is 27.6. The van der Waals surface area contributed by atoms with Crippen molar-refractivity contribution >= 4 is 76.8 Å². The Hall–Kier alpha value is -4.45. The van der Waals surface area contributed by atoms with Crippen molar-refractivity contribution in [3.63, 3.8) is 0 Å². The van der Waals surface area contributed by atoms with Gasteiger partial charge in [0, 0.05) is 10.0 Å². The Morgan fingerprint density at radius 2 is 0.747 bits per heavy atom. The highest BCUT2D eigenvalue weighted by Crippen LogP contribution is 2.51. The van der Waals surface area contributed by atoms with E-state index in [2.05, 4.69) is 20.3 Å². The van der Waals surface area contributed by atoms with Crippen LogP contribution in [0, 0.1) is 12.7 Å². The van der Waals surface area contributed by atoms with Crippen molar-refractivity contribution in [3.05, 3.63) is 118 Å². The topological polar surface area (TPSA) is 281 Å². The maximum atomic E-state index is 12.9. The summed E-state index contributed by atoms with van der Waals surface area (Å²) in [5.74, 6) is -0.584. The summed E-state index contributed by atoms with van der Waals surface area (Å²) in [6, 6.07) is 22.6. The molecule has 20 nitrogen and oxygen atoms in total. The molecular formula is C56H87Cl2FN4O16P4. The zero-order valence-electron chi connectivity index (χ0n) is 49.2. The summed E-state index contributed by atoms with van der Waals surface area (Å²) in [5.41, 5.74) is -0.413. The minimum Gasteiger partial charge on any atom is -0.465 e. The van der Waals surface area contributed by atoms with E-state index < -0.39 is 96.8 Å². The van der Waals surface area contributed by atoms with E-state index in [9.17, 15) is 41.8 Å². The van der Waals surface area contributed by atoms with Crippen LogP contribution in [0.15, 0.2) is 97.1 Å². The molecule has 468 valence electrons. The lowest BCUT2D eigenvalue weighted by Gasteiger charge is -2.27. The van der Waals surface area contributed by atoms with Gasteiger partial charge >= 0.3 is 42.0 Å². The largest absolute Gasteiger partial charge is 0.465 e. The first-order chi connectivity index (χ1) is 38.1. The molecule has 4 unspecified atom stereocenters. The smallest absolute Gasteiger partial charge is 0.323 e. The second-order valence-electron chi connectivity index (χ2n) is 19.4. The predicted molar refractivity (Wildman–Crippen MR) is 329 cm³/mol. The first-order valence-electron chi connectivity index (χ1n) is 26.4. The number of hydrogen-bond acceptors (Lipinski definition) is 16. The van der Waals surface area contributed by atoms with Gasteiger partial charge in [-0.05, 0) is 133 Å². The monoisotopic (exact) mass is 1280 g/mol. The molecule has 0 heterocycles. The number of rotatable bonds is 28. The maximum Gasteiger partial charge on any atom is 0.323 e. The van der Waals surface area contributed by atoms with Gasteiger partial charge in [-0.25, -0.2) is 24.7 Å². The highest BCUT2D eigenvalue weighted by molar-refractivity contribution is 7.59. The Labute approximate surface area is 500 Å². The average molecular weight is 1290 g/mol. The number of carbonyl (C=O) groups is 4. The van der Waals surface area contributed by atoms with Crippen molar-refractivity contribution in [2.45, 2.75) is 158 Å². The van der Waals surface area contributed by atoms with Crippen LogP contribution in [0.4, 0.5) is 4.39 Å². The SMILES string of the molecule is C.CC(C)P(=O)(N[C@@H](C)C(=O)CO)Oc1ccc(Cl)cc1.CCOC(=O)[C@H](C)NP(=O)(Oc1ccc(Cl)cc1)C(C)C.CCOC(=O)[C@H](C)NP(=O)(Oc1ccc(F)cc1)C(C)C.Cc1ccccc1OP(=O)(N[C@@H](C)C(=O)CO)C(C)C. The third-order valence-corrected chi connectivity index (χ3v) is 22.1. The second kappa shape index (κ2) is 37.9. The molecule has 0 saturated heterocycles. The number of aryl methyl sites for hydroxylation is 1. The summed E-state index contributed by atoms with van der Waals surface area (Å²) in [7, 11) is -13.1. The standard InChI is InChI=1S/C14H21ClNO4P.C14H21FNO4P.C14H22NO4P.C13H19ClNO4P.CH4/c2*1-5-19-14(17)11(4)16-21(18,10(2)3)20-13-8-6-12(15)7-9-13;1-10(2)20(18,15-12(4)13(17)9-16)19-14-8-6-5-7-11(14)3;1-9(2)20(18,15-10(3)13(17)8-16)19-12-6-4-11(14)5-7-12;/h2*6-11H,5H2,1-4H3,(H,16,18);5-8,10,12,16H,9H2,1-4H3,(H,15,18);4-7,9-10,16H,8H2,1-3H3,(H,15,18);1H4/t2*11-,21?;12-,20?;10-,20?;/m0000./s1. The van der Waals surface area contributed by atoms with Gasteiger partial charge in [-0.15, -0.1) is 0 Å². The molecule has 4 aromatic rings. The molecule has 0 bridgehead atoms.